The first-order valence-corrected chi connectivity index (χ1v) is 9.39. The number of aliphatic carboxylic acids is 1. The topological polar surface area (TPSA) is 77.2 Å². The normalized spacial score (nSPS) is 12.1. The second-order valence-electron chi connectivity index (χ2n) is 7.02. The molecule has 1 N–H and O–H groups in total. The number of aromatic nitrogens is 3. The molecule has 6 heteroatoms. The van der Waals surface area contributed by atoms with Gasteiger partial charge in [0, 0.05) is 29.7 Å². The molecule has 0 aliphatic heterocycles. The molecule has 1 atom stereocenters. The molecule has 0 aliphatic rings. The zero-order valence-corrected chi connectivity index (χ0v) is 16.2. The lowest BCUT2D eigenvalue weighted by Crippen LogP contribution is -2.16. The van der Waals surface area contributed by atoms with Gasteiger partial charge < -0.3 is 9.84 Å². The first-order chi connectivity index (χ1) is 14.0. The molecular weight excluding hydrogens is 366 g/mol. The van der Waals surface area contributed by atoms with Gasteiger partial charge in [-0.2, -0.15) is 0 Å². The number of nitrogens with zero attached hydrogens (tertiary/aromatic N) is 3. The summed E-state index contributed by atoms with van der Waals surface area (Å²) >= 11 is 0. The van der Waals surface area contributed by atoms with Gasteiger partial charge in [-0.3, -0.25) is 14.3 Å². The number of imidazole rings is 1. The maximum absolute atomic E-state index is 10.9. The second kappa shape index (κ2) is 7.75. The van der Waals surface area contributed by atoms with Crippen molar-refractivity contribution in [2.24, 2.45) is 0 Å². The van der Waals surface area contributed by atoms with Gasteiger partial charge in [0.05, 0.1) is 17.5 Å². The van der Waals surface area contributed by atoms with Crippen LogP contribution in [0.15, 0.2) is 67.0 Å². The van der Waals surface area contributed by atoms with Crippen LogP contribution in [0.3, 0.4) is 0 Å². The number of hydrogen-bond donors (Lipinski definition) is 1. The van der Waals surface area contributed by atoms with Gasteiger partial charge in [-0.25, -0.2) is 4.98 Å². The van der Waals surface area contributed by atoms with Crippen molar-refractivity contribution in [2.75, 3.05) is 0 Å². The molecule has 2 aromatic carbocycles. The molecule has 2 heterocycles. The van der Waals surface area contributed by atoms with Crippen molar-refractivity contribution in [3.05, 3.63) is 72.6 Å². The van der Waals surface area contributed by atoms with E-state index in [9.17, 15) is 4.79 Å². The number of aryl methyl sites for hydroxylation is 1. The second-order valence-corrected chi connectivity index (χ2v) is 7.02. The van der Waals surface area contributed by atoms with Crippen molar-refractivity contribution in [1.29, 1.82) is 0 Å². The number of hydrogen-bond acceptors (Lipinski definition) is 4. The van der Waals surface area contributed by atoms with Gasteiger partial charge in [-0.15, -0.1) is 0 Å². The van der Waals surface area contributed by atoms with Crippen LogP contribution < -0.4 is 4.74 Å². The highest BCUT2D eigenvalue weighted by molar-refractivity contribution is 5.84. The van der Waals surface area contributed by atoms with Gasteiger partial charge in [-0.05, 0) is 50.2 Å². The number of benzene rings is 2. The van der Waals surface area contributed by atoms with Crippen LogP contribution in [0, 0.1) is 6.92 Å². The van der Waals surface area contributed by atoms with Crippen LogP contribution >= 0.6 is 0 Å². The summed E-state index contributed by atoms with van der Waals surface area (Å²) in [5.41, 5.74) is 4.77. The van der Waals surface area contributed by atoms with E-state index in [1.165, 1.54) is 5.56 Å². The quantitative estimate of drug-likeness (QED) is 0.522. The summed E-state index contributed by atoms with van der Waals surface area (Å²) in [5, 5.41) is 8.98. The summed E-state index contributed by atoms with van der Waals surface area (Å²) < 4.78 is 7.89. The Bertz CT molecular complexity index is 1150. The number of pyridine rings is 1. The summed E-state index contributed by atoms with van der Waals surface area (Å²) in [7, 11) is 0. The van der Waals surface area contributed by atoms with Gasteiger partial charge >= 0.3 is 5.97 Å². The molecule has 4 rings (SSSR count). The van der Waals surface area contributed by atoms with Crippen molar-refractivity contribution in [2.45, 2.75) is 26.4 Å². The average molecular weight is 387 g/mol. The number of carboxylic acid groups (broad SMARTS) is 1. The molecule has 0 aliphatic carbocycles. The molecule has 0 bridgehead atoms. The van der Waals surface area contributed by atoms with Crippen molar-refractivity contribution in [3.8, 4) is 22.8 Å². The van der Waals surface area contributed by atoms with Crippen LogP contribution in [0.4, 0.5) is 0 Å². The minimum absolute atomic E-state index is 0.0593. The number of ether oxygens (including phenoxy) is 1. The molecule has 0 spiro atoms. The number of carbonyl (C=O) groups is 1. The fourth-order valence-electron chi connectivity index (χ4n) is 3.29. The molecule has 29 heavy (non-hydrogen) atoms. The van der Waals surface area contributed by atoms with E-state index >= 15 is 0 Å². The maximum Gasteiger partial charge on any atom is 0.307 e. The molecule has 146 valence electrons. The molecular formula is C23H21N3O3. The molecule has 0 fully saturated rings. The molecule has 4 aromatic rings. The summed E-state index contributed by atoms with van der Waals surface area (Å²) in [6, 6.07) is 17.7. The SMILES string of the molecule is Cc1ccc(-n2c(-c3cccnc3)nc3ccc(OC(C)CC(=O)O)cc32)cc1. The van der Waals surface area contributed by atoms with E-state index in [0.29, 0.717) is 5.75 Å². The lowest BCUT2D eigenvalue weighted by atomic mass is 10.2. The average Bonchev–Trinajstić information content (AvgIpc) is 3.07. The predicted molar refractivity (Wildman–Crippen MR) is 111 cm³/mol. The molecule has 1 unspecified atom stereocenters. The van der Waals surface area contributed by atoms with Gasteiger partial charge in [-0.1, -0.05) is 17.7 Å². The number of fused-ring (bicyclic) bond motifs is 1. The van der Waals surface area contributed by atoms with Crippen LogP contribution in [0.25, 0.3) is 28.1 Å². The smallest absolute Gasteiger partial charge is 0.307 e. The first kappa shape index (κ1) is 18.7. The van der Waals surface area contributed by atoms with Crippen molar-refractivity contribution >= 4 is 17.0 Å². The van der Waals surface area contributed by atoms with E-state index in [0.717, 1.165) is 28.1 Å². The van der Waals surface area contributed by atoms with Crippen LogP contribution in [0.5, 0.6) is 5.75 Å². The summed E-state index contributed by atoms with van der Waals surface area (Å²) in [4.78, 5) is 20.0. The monoisotopic (exact) mass is 387 g/mol. The Labute approximate surface area is 168 Å². The standard InChI is InChI=1S/C23H21N3O3/c1-15-5-7-18(8-6-15)26-21-13-19(29-16(2)12-22(27)28)9-10-20(21)25-23(26)17-4-3-11-24-14-17/h3-11,13-14,16H,12H2,1-2H3,(H,27,28). The zero-order valence-electron chi connectivity index (χ0n) is 16.2. The van der Waals surface area contributed by atoms with Crippen LogP contribution in [-0.2, 0) is 4.79 Å². The zero-order chi connectivity index (χ0) is 20.4. The summed E-state index contributed by atoms with van der Waals surface area (Å²) in [5.74, 6) is 0.507. The van der Waals surface area contributed by atoms with E-state index in [2.05, 4.69) is 33.8 Å². The highest BCUT2D eigenvalue weighted by atomic mass is 16.5. The third kappa shape index (κ3) is 3.96. The molecule has 6 nitrogen and oxygen atoms in total. The summed E-state index contributed by atoms with van der Waals surface area (Å²) in [6.07, 6.45) is 3.03. The Morgan fingerprint density at radius 2 is 1.97 bits per heavy atom. The Morgan fingerprint density at radius 1 is 1.17 bits per heavy atom. The third-order valence-electron chi connectivity index (χ3n) is 4.64. The largest absolute Gasteiger partial charge is 0.490 e. The van der Waals surface area contributed by atoms with E-state index < -0.39 is 12.1 Å². The van der Waals surface area contributed by atoms with Crippen LogP contribution in [0.1, 0.15) is 18.9 Å². The molecule has 2 aromatic heterocycles. The van der Waals surface area contributed by atoms with E-state index in [1.807, 2.05) is 37.3 Å². The fraction of sp³-hybridized carbons (Fsp3) is 0.174. The molecule has 0 saturated heterocycles. The fourth-order valence-corrected chi connectivity index (χ4v) is 3.29. The third-order valence-corrected chi connectivity index (χ3v) is 4.64. The Kier molecular flexibility index (Phi) is 4.99. The number of carboxylic acids is 1. The Morgan fingerprint density at radius 3 is 2.66 bits per heavy atom. The lowest BCUT2D eigenvalue weighted by Gasteiger charge is -2.14. The van der Waals surface area contributed by atoms with Crippen molar-refractivity contribution in [3.63, 3.8) is 0 Å². The Hall–Kier alpha value is -3.67. The van der Waals surface area contributed by atoms with Crippen molar-refractivity contribution in [1.82, 2.24) is 14.5 Å². The van der Waals surface area contributed by atoms with Gasteiger partial charge in [0.15, 0.2) is 0 Å². The van der Waals surface area contributed by atoms with Gasteiger partial charge in [0.2, 0.25) is 0 Å². The lowest BCUT2D eigenvalue weighted by molar-refractivity contribution is -0.138. The maximum atomic E-state index is 10.9. The van der Waals surface area contributed by atoms with Crippen LogP contribution in [0.2, 0.25) is 0 Å². The molecule has 0 radical (unpaired) electrons. The highest BCUT2D eigenvalue weighted by Crippen LogP contribution is 2.31. The van der Waals surface area contributed by atoms with E-state index in [1.54, 1.807) is 19.3 Å². The minimum Gasteiger partial charge on any atom is -0.490 e. The van der Waals surface area contributed by atoms with E-state index in [4.69, 9.17) is 14.8 Å². The highest BCUT2D eigenvalue weighted by Gasteiger charge is 2.16. The van der Waals surface area contributed by atoms with Gasteiger partial charge in [0.1, 0.15) is 17.7 Å². The Balaban J connectivity index is 1.86. The number of rotatable bonds is 6. The first-order valence-electron chi connectivity index (χ1n) is 9.39. The molecule has 0 amide bonds. The predicted octanol–water partition coefficient (Wildman–Crippen LogP) is 4.64. The van der Waals surface area contributed by atoms with Crippen LogP contribution in [-0.4, -0.2) is 31.7 Å². The molecule has 0 saturated carbocycles. The minimum atomic E-state index is -0.887. The summed E-state index contributed by atoms with van der Waals surface area (Å²) in [6.45, 7) is 3.80. The van der Waals surface area contributed by atoms with Crippen molar-refractivity contribution < 1.29 is 14.6 Å². The van der Waals surface area contributed by atoms with Gasteiger partial charge in [0.25, 0.3) is 0 Å². The van der Waals surface area contributed by atoms with E-state index in [-0.39, 0.29) is 6.42 Å².